The summed E-state index contributed by atoms with van der Waals surface area (Å²) in [5.41, 5.74) is 5.59. The van der Waals surface area contributed by atoms with E-state index in [9.17, 15) is 0 Å². The molecule has 0 bridgehead atoms. The van der Waals surface area contributed by atoms with E-state index < -0.39 is 0 Å². The van der Waals surface area contributed by atoms with Crippen molar-refractivity contribution >= 4 is 0 Å². The molecule has 0 radical (unpaired) electrons. The topological polar surface area (TPSA) is 44.5 Å². The number of nitrogens with two attached hydrogens (primary N) is 1. The zero-order chi connectivity index (χ0) is 8.69. The standard InChI is InChI=1S/C8H19NO2/c1-7(9)6-8(2)11-5-4-10-3/h7-8H,4-6,9H2,1-3H3. The predicted molar refractivity (Wildman–Crippen MR) is 45.6 cm³/mol. The molecule has 0 aliphatic rings. The molecule has 0 fully saturated rings. The summed E-state index contributed by atoms with van der Waals surface area (Å²) >= 11 is 0. The summed E-state index contributed by atoms with van der Waals surface area (Å²) in [6.07, 6.45) is 1.15. The minimum absolute atomic E-state index is 0.215. The number of ether oxygens (including phenoxy) is 2. The first-order chi connectivity index (χ1) is 5.16. The van der Waals surface area contributed by atoms with Crippen LogP contribution in [0.2, 0.25) is 0 Å². The van der Waals surface area contributed by atoms with Gasteiger partial charge in [0.25, 0.3) is 0 Å². The first-order valence-electron chi connectivity index (χ1n) is 4.03. The van der Waals surface area contributed by atoms with Gasteiger partial charge >= 0.3 is 0 Å². The van der Waals surface area contributed by atoms with Crippen molar-refractivity contribution in [2.75, 3.05) is 20.3 Å². The van der Waals surface area contributed by atoms with Gasteiger partial charge in [-0.3, -0.25) is 0 Å². The second-order valence-electron chi connectivity index (χ2n) is 2.89. The Kier molecular flexibility index (Phi) is 6.51. The quantitative estimate of drug-likeness (QED) is 0.585. The van der Waals surface area contributed by atoms with Gasteiger partial charge in [-0.1, -0.05) is 0 Å². The molecule has 2 unspecified atom stereocenters. The zero-order valence-electron chi connectivity index (χ0n) is 7.67. The molecule has 0 aliphatic heterocycles. The molecule has 2 N–H and O–H groups in total. The van der Waals surface area contributed by atoms with E-state index in [0.29, 0.717) is 13.2 Å². The fourth-order valence-corrected chi connectivity index (χ4v) is 0.924. The molecule has 3 heteroatoms. The molecule has 0 amide bonds. The fourth-order valence-electron chi connectivity index (χ4n) is 0.924. The van der Waals surface area contributed by atoms with Gasteiger partial charge in [-0.25, -0.2) is 0 Å². The second-order valence-corrected chi connectivity index (χ2v) is 2.89. The number of methoxy groups -OCH3 is 1. The van der Waals surface area contributed by atoms with E-state index in [2.05, 4.69) is 0 Å². The number of hydrogen-bond donors (Lipinski definition) is 1. The fraction of sp³-hybridized carbons (Fsp3) is 1.00. The van der Waals surface area contributed by atoms with Crippen molar-refractivity contribution in [1.29, 1.82) is 0 Å². The van der Waals surface area contributed by atoms with Crippen LogP contribution in [-0.2, 0) is 9.47 Å². The summed E-state index contributed by atoms with van der Waals surface area (Å²) in [4.78, 5) is 0. The van der Waals surface area contributed by atoms with E-state index >= 15 is 0 Å². The molecule has 0 rings (SSSR count). The monoisotopic (exact) mass is 161 g/mol. The van der Waals surface area contributed by atoms with Gasteiger partial charge in [0.2, 0.25) is 0 Å². The third-order valence-corrected chi connectivity index (χ3v) is 1.39. The van der Waals surface area contributed by atoms with Gasteiger partial charge in [-0.05, 0) is 20.3 Å². The largest absolute Gasteiger partial charge is 0.382 e. The number of rotatable bonds is 6. The average molecular weight is 161 g/mol. The van der Waals surface area contributed by atoms with Gasteiger partial charge in [0.1, 0.15) is 0 Å². The Morgan fingerprint density at radius 1 is 1.27 bits per heavy atom. The SMILES string of the molecule is COCCOC(C)CC(C)N. The molecule has 0 aliphatic carbocycles. The Morgan fingerprint density at radius 3 is 2.36 bits per heavy atom. The highest BCUT2D eigenvalue weighted by atomic mass is 16.5. The van der Waals surface area contributed by atoms with Crippen LogP contribution in [-0.4, -0.2) is 32.5 Å². The van der Waals surface area contributed by atoms with Crippen molar-refractivity contribution < 1.29 is 9.47 Å². The molecular formula is C8H19NO2. The summed E-state index contributed by atoms with van der Waals surface area (Å²) in [5.74, 6) is 0. The van der Waals surface area contributed by atoms with Crippen molar-refractivity contribution in [3.05, 3.63) is 0 Å². The van der Waals surface area contributed by atoms with Crippen molar-refractivity contribution in [2.24, 2.45) is 5.73 Å². The minimum Gasteiger partial charge on any atom is -0.382 e. The Morgan fingerprint density at radius 2 is 1.91 bits per heavy atom. The Bertz CT molecular complexity index is 86.2. The van der Waals surface area contributed by atoms with Crippen LogP contribution in [0.3, 0.4) is 0 Å². The molecule has 0 aromatic heterocycles. The van der Waals surface area contributed by atoms with E-state index in [1.165, 1.54) is 0 Å². The summed E-state index contributed by atoms with van der Waals surface area (Å²) in [7, 11) is 1.67. The smallest absolute Gasteiger partial charge is 0.0703 e. The van der Waals surface area contributed by atoms with Crippen LogP contribution < -0.4 is 5.73 Å². The average Bonchev–Trinajstić information content (AvgIpc) is 1.86. The molecule has 0 saturated heterocycles. The van der Waals surface area contributed by atoms with Gasteiger partial charge < -0.3 is 15.2 Å². The molecule has 0 aromatic carbocycles. The molecule has 11 heavy (non-hydrogen) atoms. The van der Waals surface area contributed by atoms with Crippen molar-refractivity contribution in [3.8, 4) is 0 Å². The lowest BCUT2D eigenvalue weighted by Gasteiger charge is -2.14. The molecular weight excluding hydrogens is 142 g/mol. The Balaban J connectivity index is 3.15. The first kappa shape index (κ1) is 10.9. The van der Waals surface area contributed by atoms with Crippen molar-refractivity contribution in [1.82, 2.24) is 0 Å². The van der Waals surface area contributed by atoms with E-state index in [4.69, 9.17) is 15.2 Å². The van der Waals surface area contributed by atoms with Crippen LogP contribution in [0.1, 0.15) is 20.3 Å². The highest BCUT2D eigenvalue weighted by Gasteiger charge is 2.03. The van der Waals surface area contributed by atoms with E-state index in [-0.39, 0.29) is 12.1 Å². The van der Waals surface area contributed by atoms with E-state index in [1.54, 1.807) is 7.11 Å². The maximum Gasteiger partial charge on any atom is 0.0703 e. The van der Waals surface area contributed by atoms with Crippen LogP contribution >= 0.6 is 0 Å². The summed E-state index contributed by atoms with van der Waals surface area (Å²) in [5, 5.41) is 0. The normalized spacial score (nSPS) is 16.4. The van der Waals surface area contributed by atoms with Gasteiger partial charge in [0.05, 0.1) is 19.3 Å². The molecule has 0 aromatic rings. The van der Waals surface area contributed by atoms with Gasteiger partial charge in [-0.15, -0.1) is 0 Å². The lowest BCUT2D eigenvalue weighted by molar-refractivity contribution is 0.0203. The molecule has 0 spiro atoms. The minimum atomic E-state index is 0.215. The third-order valence-electron chi connectivity index (χ3n) is 1.39. The van der Waals surface area contributed by atoms with Crippen LogP contribution in [0.4, 0.5) is 0 Å². The highest BCUT2D eigenvalue weighted by molar-refractivity contribution is 4.59. The van der Waals surface area contributed by atoms with Crippen LogP contribution in [0.25, 0.3) is 0 Å². The van der Waals surface area contributed by atoms with Gasteiger partial charge in [-0.2, -0.15) is 0 Å². The summed E-state index contributed by atoms with van der Waals surface area (Å²) in [6, 6.07) is 0.215. The van der Waals surface area contributed by atoms with Crippen molar-refractivity contribution in [2.45, 2.75) is 32.4 Å². The van der Waals surface area contributed by atoms with Gasteiger partial charge in [0.15, 0.2) is 0 Å². The second kappa shape index (κ2) is 6.58. The lowest BCUT2D eigenvalue weighted by Crippen LogP contribution is -2.23. The van der Waals surface area contributed by atoms with Crippen LogP contribution in [0.15, 0.2) is 0 Å². The van der Waals surface area contributed by atoms with E-state index in [0.717, 1.165) is 6.42 Å². The molecule has 0 heterocycles. The lowest BCUT2D eigenvalue weighted by atomic mass is 10.2. The Hall–Kier alpha value is -0.120. The molecule has 0 saturated carbocycles. The molecule has 68 valence electrons. The molecule has 3 nitrogen and oxygen atoms in total. The van der Waals surface area contributed by atoms with Crippen molar-refractivity contribution in [3.63, 3.8) is 0 Å². The number of hydrogen-bond acceptors (Lipinski definition) is 3. The maximum absolute atomic E-state index is 5.59. The maximum atomic E-state index is 5.59. The van der Waals surface area contributed by atoms with Crippen LogP contribution in [0, 0.1) is 0 Å². The third kappa shape index (κ3) is 7.78. The summed E-state index contributed by atoms with van der Waals surface area (Å²) in [6.45, 7) is 5.32. The van der Waals surface area contributed by atoms with Gasteiger partial charge in [0, 0.05) is 13.2 Å². The first-order valence-corrected chi connectivity index (χ1v) is 4.03. The molecule has 2 atom stereocenters. The highest BCUT2D eigenvalue weighted by Crippen LogP contribution is 1.99. The zero-order valence-corrected chi connectivity index (χ0v) is 7.67. The van der Waals surface area contributed by atoms with E-state index in [1.807, 2.05) is 13.8 Å². The Labute approximate surface area is 68.9 Å². The summed E-state index contributed by atoms with van der Waals surface area (Å²) < 4.78 is 10.2. The van der Waals surface area contributed by atoms with Crippen LogP contribution in [0.5, 0.6) is 0 Å². The predicted octanol–water partition coefficient (Wildman–Crippen LogP) is 0.775.